The maximum absolute atomic E-state index is 13.0. The molecule has 20 heavy (non-hydrogen) atoms. The van der Waals surface area contributed by atoms with Crippen LogP contribution in [0.25, 0.3) is 0 Å². The van der Waals surface area contributed by atoms with Gasteiger partial charge in [-0.25, -0.2) is 9.37 Å². The predicted octanol–water partition coefficient (Wildman–Crippen LogP) is 3.76. The van der Waals surface area contributed by atoms with E-state index in [-0.39, 0.29) is 17.1 Å². The van der Waals surface area contributed by atoms with Crippen LogP contribution in [-0.4, -0.2) is 16.6 Å². The molecule has 0 spiro atoms. The molecular weight excluding hydrogens is 343 g/mol. The Labute approximate surface area is 128 Å². The van der Waals surface area contributed by atoms with E-state index in [1.54, 1.807) is 29.3 Å². The quantitative estimate of drug-likeness (QED) is 0.824. The van der Waals surface area contributed by atoms with E-state index >= 15 is 0 Å². The summed E-state index contributed by atoms with van der Waals surface area (Å²) in [6, 6.07) is 9.87. The SMILES string of the molecule is O=C1CSC(c2ccc(F)cc2)N1c1ccc(Br)cn1. The molecule has 1 aromatic carbocycles. The number of carbonyl (C=O) groups is 1. The highest BCUT2D eigenvalue weighted by Crippen LogP contribution is 2.41. The highest BCUT2D eigenvalue weighted by molar-refractivity contribution is 9.10. The first kappa shape index (κ1) is 13.6. The summed E-state index contributed by atoms with van der Waals surface area (Å²) in [5, 5.41) is -0.156. The third-order valence-electron chi connectivity index (χ3n) is 2.98. The minimum Gasteiger partial charge on any atom is -0.279 e. The summed E-state index contributed by atoms with van der Waals surface area (Å²) in [6.45, 7) is 0. The second-order valence-corrected chi connectivity index (χ2v) is 6.30. The van der Waals surface area contributed by atoms with Crippen molar-refractivity contribution < 1.29 is 9.18 Å². The van der Waals surface area contributed by atoms with Crippen LogP contribution in [0.3, 0.4) is 0 Å². The normalized spacial score (nSPS) is 18.6. The van der Waals surface area contributed by atoms with Gasteiger partial charge in [0.2, 0.25) is 5.91 Å². The van der Waals surface area contributed by atoms with Crippen LogP contribution in [0.15, 0.2) is 47.1 Å². The number of rotatable bonds is 2. The van der Waals surface area contributed by atoms with Crippen LogP contribution in [-0.2, 0) is 4.79 Å². The van der Waals surface area contributed by atoms with Crippen LogP contribution in [0, 0.1) is 5.82 Å². The van der Waals surface area contributed by atoms with Crippen molar-refractivity contribution in [3.05, 3.63) is 58.4 Å². The van der Waals surface area contributed by atoms with Gasteiger partial charge in [0.1, 0.15) is 17.0 Å². The lowest BCUT2D eigenvalue weighted by molar-refractivity contribution is -0.115. The molecule has 1 atom stereocenters. The standard InChI is InChI=1S/C14H10BrFN2OS/c15-10-3-6-12(17-7-10)18-13(19)8-20-14(18)9-1-4-11(16)5-2-9/h1-7,14H,8H2. The number of halogens is 2. The molecule has 3 nitrogen and oxygen atoms in total. The third-order valence-corrected chi connectivity index (χ3v) is 4.66. The maximum atomic E-state index is 13.0. The topological polar surface area (TPSA) is 33.2 Å². The molecule has 2 heterocycles. The van der Waals surface area contributed by atoms with Crippen molar-refractivity contribution in [1.82, 2.24) is 4.98 Å². The molecule has 1 saturated heterocycles. The molecule has 1 unspecified atom stereocenters. The summed E-state index contributed by atoms with van der Waals surface area (Å²) in [4.78, 5) is 18.0. The molecule has 1 aliphatic rings. The van der Waals surface area contributed by atoms with E-state index in [1.807, 2.05) is 6.07 Å². The second-order valence-electron chi connectivity index (χ2n) is 4.31. The first-order chi connectivity index (χ1) is 9.65. The highest BCUT2D eigenvalue weighted by Gasteiger charge is 2.34. The van der Waals surface area contributed by atoms with E-state index in [0.717, 1.165) is 10.0 Å². The van der Waals surface area contributed by atoms with Gasteiger partial charge in [0.05, 0.1) is 5.75 Å². The van der Waals surface area contributed by atoms with Crippen molar-refractivity contribution in [3.63, 3.8) is 0 Å². The van der Waals surface area contributed by atoms with Crippen LogP contribution in [0.5, 0.6) is 0 Å². The number of benzene rings is 1. The second kappa shape index (κ2) is 5.54. The van der Waals surface area contributed by atoms with Crippen molar-refractivity contribution in [2.75, 3.05) is 10.7 Å². The predicted molar refractivity (Wildman–Crippen MR) is 81.0 cm³/mol. The van der Waals surface area contributed by atoms with Gasteiger partial charge in [-0.1, -0.05) is 12.1 Å². The third kappa shape index (κ3) is 2.58. The number of hydrogen-bond donors (Lipinski definition) is 0. The Morgan fingerprint density at radius 1 is 1.25 bits per heavy atom. The van der Waals surface area contributed by atoms with Gasteiger partial charge in [-0.2, -0.15) is 0 Å². The molecule has 0 saturated carbocycles. The Hall–Kier alpha value is -1.40. The van der Waals surface area contributed by atoms with E-state index in [1.165, 1.54) is 23.9 Å². The highest BCUT2D eigenvalue weighted by atomic mass is 79.9. The average molecular weight is 353 g/mol. The molecule has 102 valence electrons. The fourth-order valence-corrected chi connectivity index (χ4v) is 3.45. The van der Waals surface area contributed by atoms with Crippen LogP contribution < -0.4 is 4.90 Å². The average Bonchev–Trinajstić information content (AvgIpc) is 2.83. The smallest absolute Gasteiger partial charge is 0.239 e. The molecule has 1 fully saturated rings. The molecule has 3 rings (SSSR count). The number of carbonyl (C=O) groups excluding carboxylic acids is 1. The minimum atomic E-state index is -0.281. The van der Waals surface area contributed by atoms with Crippen molar-refractivity contribution in [2.45, 2.75) is 5.37 Å². The van der Waals surface area contributed by atoms with Crippen molar-refractivity contribution in [1.29, 1.82) is 0 Å². The number of thioether (sulfide) groups is 1. The molecule has 0 N–H and O–H groups in total. The Morgan fingerprint density at radius 3 is 2.65 bits per heavy atom. The van der Waals surface area contributed by atoms with Gasteiger partial charge < -0.3 is 0 Å². The number of hydrogen-bond acceptors (Lipinski definition) is 3. The number of nitrogens with zero attached hydrogens (tertiary/aromatic N) is 2. The summed E-state index contributed by atoms with van der Waals surface area (Å²) >= 11 is 4.84. The van der Waals surface area contributed by atoms with E-state index in [9.17, 15) is 9.18 Å². The van der Waals surface area contributed by atoms with Gasteiger partial charge in [0, 0.05) is 10.7 Å². The molecule has 0 aliphatic carbocycles. The Bertz CT molecular complexity index is 633. The van der Waals surface area contributed by atoms with Gasteiger partial charge in [-0.3, -0.25) is 9.69 Å². The van der Waals surface area contributed by atoms with Crippen molar-refractivity contribution in [2.24, 2.45) is 0 Å². The van der Waals surface area contributed by atoms with Gasteiger partial charge >= 0.3 is 0 Å². The Morgan fingerprint density at radius 2 is 2.00 bits per heavy atom. The lowest BCUT2D eigenvalue weighted by Crippen LogP contribution is -2.28. The summed E-state index contributed by atoms with van der Waals surface area (Å²) in [6.07, 6.45) is 1.66. The first-order valence-electron chi connectivity index (χ1n) is 5.96. The van der Waals surface area contributed by atoms with Crippen LogP contribution in [0.2, 0.25) is 0 Å². The molecular formula is C14H10BrFN2OS. The van der Waals surface area contributed by atoms with Crippen molar-refractivity contribution >= 4 is 39.4 Å². The molecule has 2 aromatic rings. The lowest BCUT2D eigenvalue weighted by Gasteiger charge is -2.23. The van der Waals surface area contributed by atoms with E-state index in [2.05, 4.69) is 20.9 Å². The summed E-state index contributed by atoms with van der Waals surface area (Å²) < 4.78 is 13.9. The Balaban J connectivity index is 1.96. The number of amides is 1. The lowest BCUT2D eigenvalue weighted by atomic mass is 10.2. The molecule has 6 heteroatoms. The zero-order valence-electron chi connectivity index (χ0n) is 10.3. The van der Waals surface area contributed by atoms with Gasteiger partial charge in [0.15, 0.2) is 0 Å². The fraction of sp³-hybridized carbons (Fsp3) is 0.143. The Kier molecular flexibility index (Phi) is 3.76. The molecule has 1 aliphatic heterocycles. The monoisotopic (exact) mass is 352 g/mol. The van der Waals surface area contributed by atoms with E-state index in [0.29, 0.717) is 11.6 Å². The van der Waals surface area contributed by atoms with Gasteiger partial charge in [0.25, 0.3) is 0 Å². The summed E-state index contributed by atoms with van der Waals surface area (Å²) in [5.74, 6) is 0.743. The molecule has 0 bridgehead atoms. The van der Waals surface area contributed by atoms with Crippen LogP contribution in [0.4, 0.5) is 10.2 Å². The first-order valence-corrected chi connectivity index (χ1v) is 7.80. The van der Waals surface area contributed by atoms with Crippen LogP contribution in [0.1, 0.15) is 10.9 Å². The van der Waals surface area contributed by atoms with Gasteiger partial charge in [-0.15, -0.1) is 11.8 Å². The fourth-order valence-electron chi connectivity index (χ4n) is 2.06. The summed E-state index contributed by atoms with van der Waals surface area (Å²) in [5.41, 5.74) is 0.895. The largest absolute Gasteiger partial charge is 0.279 e. The van der Waals surface area contributed by atoms with Crippen LogP contribution >= 0.6 is 27.7 Å². The maximum Gasteiger partial charge on any atom is 0.239 e. The van der Waals surface area contributed by atoms with E-state index in [4.69, 9.17) is 0 Å². The molecule has 0 radical (unpaired) electrons. The zero-order chi connectivity index (χ0) is 14.1. The summed E-state index contributed by atoms with van der Waals surface area (Å²) in [7, 11) is 0. The molecule has 1 aromatic heterocycles. The van der Waals surface area contributed by atoms with Crippen molar-refractivity contribution in [3.8, 4) is 0 Å². The van der Waals surface area contributed by atoms with Gasteiger partial charge in [-0.05, 0) is 45.8 Å². The number of anilines is 1. The van der Waals surface area contributed by atoms with E-state index < -0.39 is 0 Å². The minimum absolute atomic E-state index is 0.0131. The number of aromatic nitrogens is 1. The number of pyridine rings is 1. The zero-order valence-corrected chi connectivity index (χ0v) is 12.7. The molecule has 1 amide bonds.